The highest BCUT2D eigenvalue weighted by Crippen LogP contribution is 2.33. The van der Waals surface area contributed by atoms with Gasteiger partial charge in [-0.05, 0) is 58.5 Å². The fourth-order valence-electron chi connectivity index (χ4n) is 3.45. The molecule has 31 heavy (non-hydrogen) atoms. The van der Waals surface area contributed by atoms with Gasteiger partial charge < -0.3 is 9.47 Å². The molecular weight excluding hydrogens is 424 g/mol. The van der Waals surface area contributed by atoms with Crippen molar-refractivity contribution in [1.29, 1.82) is 0 Å². The van der Waals surface area contributed by atoms with Gasteiger partial charge in [0.15, 0.2) is 6.10 Å². The van der Waals surface area contributed by atoms with Crippen LogP contribution in [0, 0.1) is 0 Å². The van der Waals surface area contributed by atoms with Gasteiger partial charge in [-0.2, -0.15) is 0 Å². The van der Waals surface area contributed by atoms with Gasteiger partial charge >= 0.3 is 5.97 Å². The van der Waals surface area contributed by atoms with Gasteiger partial charge in [-0.3, -0.25) is 0 Å². The minimum atomic E-state index is -0.440. The highest BCUT2D eigenvalue weighted by Gasteiger charge is 2.25. The lowest BCUT2D eigenvalue weighted by molar-refractivity contribution is 0.0297. The number of ether oxygens (including phenoxy) is 2. The predicted molar refractivity (Wildman–Crippen MR) is 135 cm³/mol. The number of thiocarbonyl (C=S) groups is 1. The van der Waals surface area contributed by atoms with E-state index < -0.39 is 6.10 Å². The molecule has 0 heterocycles. The summed E-state index contributed by atoms with van der Waals surface area (Å²) >= 11 is 6.62. The fourth-order valence-corrected chi connectivity index (χ4v) is 3.77. The van der Waals surface area contributed by atoms with Crippen molar-refractivity contribution in [2.45, 2.75) is 65.4 Å². The third kappa shape index (κ3) is 6.81. The van der Waals surface area contributed by atoms with Crippen LogP contribution in [-0.2, 0) is 9.47 Å². The van der Waals surface area contributed by atoms with E-state index in [0.717, 1.165) is 16.7 Å². The van der Waals surface area contributed by atoms with Crippen molar-refractivity contribution in [2.24, 2.45) is 0 Å². The molecule has 0 spiro atoms. The van der Waals surface area contributed by atoms with Crippen LogP contribution in [0.2, 0.25) is 0 Å². The monoisotopic (exact) mass is 458 g/mol. The first-order valence-corrected chi connectivity index (χ1v) is 12.4. The summed E-state index contributed by atoms with van der Waals surface area (Å²) in [4.78, 5) is 13.4. The van der Waals surface area contributed by atoms with Gasteiger partial charge in [0.05, 0.1) is 5.56 Å². The summed E-state index contributed by atoms with van der Waals surface area (Å²) in [5.41, 5.74) is 4.94. The van der Waals surface area contributed by atoms with Crippen molar-refractivity contribution in [3.63, 3.8) is 0 Å². The number of carbonyl (C=O) groups is 1. The number of thioether (sulfide) groups is 1. The van der Waals surface area contributed by atoms with Crippen LogP contribution in [0.15, 0.2) is 42.5 Å². The summed E-state index contributed by atoms with van der Waals surface area (Å²) in [7, 11) is 0. The van der Waals surface area contributed by atoms with Gasteiger partial charge in [-0.25, -0.2) is 4.79 Å². The molecule has 0 bridgehead atoms. The SMILES string of the molecule is CSC(=S)OC(COC(=O)c1c(C(C)C)cc(C(C)C)cc1C(C)C)c1ccccc1. The predicted octanol–water partition coefficient (Wildman–Crippen LogP) is 7.62. The Hall–Kier alpha value is -1.85. The zero-order valence-corrected chi connectivity index (χ0v) is 21.2. The highest BCUT2D eigenvalue weighted by molar-refractivity contribution is 8.22. The van der Waals surface area contributed by atoms with E-state index in [1.54, 1.807) is 0 Å². The molecule has 0 saturated heterocycles. The Morgan fingerprint density at radius 1 is 0.903 bits per heavy atom. The van der Waals surface area contributed by atoms with E-state index in [2.05, 4.69) is 53.7 Å². The molecule has 0 aromatic heterocycles. The molecule has 2 rings (SSSR count). The summed E-state index contributed by atoms with van der Waals surface area (Å²) in [6, 6.07) is 14.1. The normalized spacial score (nSPS) is 12.3. The zero-order valence-electron chi connectivity index (χ0n) is 19.6. The maximum absolute atomic E-state index is 13.4. The van der Waals surface area contributed by atoms with E-state index in [4.69, 9.17) is 21.7 Å². The molecular formula is C26H34O3S2. The lowest BCUT2D eigenvalue weighted by Gasteiger charge is -2.23. The van der Waals surface area contributed by atoms with Crippen molar-refractivity contribution in [2.75, 3.05) is 12.9 Å². The molecule has 0 saturated carbocycles. The van der Waals surface area contributed by atoms with E-state index in [9.17, 15) is 4.79 Å². The van der Waals surface area contributed by atoms with Crippen LogP contribution in [0.1, 0.15) is 98.0 Å². The standard InChI is InChI=1S/C26H34O3S2/c1-16(2)20-13-21(17(3)4)24(22(14-20)18(5)6)25(27)28-15-23(29-26(30)31-7)19-11-9-8-10-12-19/h8-14,16-18,23H,15H2,1-7H3. The average Bonchev–Trinajstić information content (AvgIpc) is 2.75. The molecule has 0 radical (unpaired) electrons. The van der Waals surface area contributed by atoms with E-state index in [1.807, 2.05) is 36.6 Å². The topological polar surface area (TPSA) is 35.5 Å². The summed E-state index contributed by atoms with van der Waals surface area (Å²) in [6.07, 6.45) is 1.43. The molecule has 2 aromatic rings. The first-order chi connectivity index (χ1) is 14.6. The van der Waals surface area contributed by atoms with Crippen LogP contribution in [-0.4, -0.2) is 23.2 Å². The maximum atomic E-state index is 13.4. The van der Waals surface area contributed by atoms with Gasteiger partial charge in [0.1, 0.15) is 6.61 Å². The van der Waals surface area contributed by atoms with E-state index in [1.165, 1.54) is 17.3 Å². The minimum absolute atomic E-state index is 0.102. The molecule has 0 aliphatic heterocycles. The third-order valence-corrected chi connectivity index (χ3v) is 6.30. The van der Waals surface area contributed by atoms with Gasteiger partial charge in [0, 0.05) is 0 Å². The first kappa shape index (κ1) is 25.4. The molecule has 1 atom stereocenters. The van der Waals surface area contributed by atoms with Gasteiger partial charge in [0.25, 0.3) is 0 Å². The molecule has 1 unspecified atom stereocenters. The first-order valence-electron chi connectivity index (χ1n) is 10.8. The van der Waals surface area contributed by atoms with Gasteiger partial charge in [0.2, 0.25) is 4.38 Å². The Morgan fingerprint density at radius 2 is 1.45 bits per heavy atom. The molecule has 0 amide bonds. The summed E-state index contributed by atoms with van der Waals surface area (Å²) in [5.74, 6) is 0.513. The van der Waals surface area contributed by atoms with Gasteiger partial charge in [-0.15, -0.1) is 0 Å². The summed E-state index contributed by atoms with van der Waals surface area (Å²) in [6.45, 7) is 12.9. The van der Waals surface area contributed by atoms with E-state index in [-0.39, 0.29) is 24.4 Å². The van der Waals surface area contributed by atoms with E-state index in [0.29, 0.717) is 15.9 Å². The molecule has 5 heteroatoms. The largest absolute Gasteiger partial charge is 0.467 e. The Balaban J connectivity index is 2.37. The molecule has 0 aliphatic rings. The number of benzene rings is 2. The van der Waals surface area contributed by atoms with Crippen molar-refractivity contribution in [1.82, 2.24) is 0 Å². The van der Waals surface area contributed by atoms with Gasteiger partial charge in [-0.1, -0.05) is 95.8 Å². The second-order valence-corrected chi connectivity index (χ2v) is 10.0. The lowest BCUT2D eigenvalue weighted by Crippen LogP contribution is -2.20. The number of rotatable bonds is 8. The van der Waals surface area contributed by atoms with Crippen molar-refractivity contribution >= 4 is 34.3 Å². The van der Waals surface area contributed by atoms with Crippen LogP contribution in [0.5, 0.6) is 0 Å². The Bertz CT molecular complexity index is 860. The molecule has 0 N–H and O–H groups in total. The van der Waals surface area contributed by atoms with Crippen LogP contribution in [0.3, 0.4) is 0 Å². The Kier molecular flexibility index (Phi) is 9.57. The van der Waals surface area contributed by atoms with Crippen LogP contribution >= 0.6 is 24.0 Å². The summed E-state index contributed by atoms with van der Waals surface area (Å²) < 4.78 is 12.2. The van der Waals surface area contributed by atoms with Crippen molar-refractivity contribution in [3.05, 3.63) is 70.3 Å². The van der Waals surface area contributed by atoms with Crippen LogP contribution < -0.4 is 0 Å². The number of hydrogen-bond donors (Lipinski definition) is 0. The number of esters is 1. The average molecular weight is 459 g/mol. The zero-order chi connectivity index (χ0) is 23.1. The van der Waals surface area contributed by atoms with Crippen molar-refractivity contribution in [3.8, 4) is 0 Å². The lowest BCUT2D eigenvalue weighted by atomic mass is 9.84. The quantitative estimate of drug-likeness (QED) is 0.300. The number of hydrogen-bond acceptors (Lipinski definition) is 5. The Morgan fingerprint density at radius 3 is 1.90 bits per heavy atom. The highest BCUT2D eigenvalue weighted by atomic mass is 32.2. The Labute approximate surface area is 196 Å². The molecule has 0 aliphatic carbocycles. The maximum Gasteiger partial charge on any atom is 0.338 e. The molecule has 0 fully saturated rings. The molecule has 2 aromatic carbocycles. The molecule has 168 valence electrons. The van der Waals surface area contributed by atoms with Crippen molar-refractivity contribution < 1.29 is 14.3 Å². The fraction of sp³-hybridized carbons (Fsp3) is 0.462. The smallest absolute Gasteiger partial charge is 0.338 e. The second kappa shape index (κ2) is 11.7. The number of carbonyl (C=O) groups excluding carboxylic acids is 1. The summed E-state index contributed by atoms with van der Waals surface area (Å²) in [5, 5.41) is 0. The molecule has 3 nitrogen and oxygen atoms in total. The van der Waals surface area contributed by atoms with Crippen LogP contribution in [0.4, 0.5) is 0 Å². The second-order valence-electron chi connectivity index (χ2n) is 8.61. The third-order valence-electron chi connectivity index (χ3n) is 5.28. The minimum Gasteiger partial charge on any atom is -0.467 e. The van der Waals surface area contributed by atoms with E-state index >= 15 is 0 Å². The van der Waals surface area contributed by atoms with Crippen LogP contribution in [0.25, 0.3) is 0 Å².